The largest absolute Gasteiger partial charge is 0.379 e. The Labute approximate surface area is 200 Å². The number of ether oxygens (including phenoxy) is 6. The van der Waals surface area contributed by atoms with Gasteiger partial charge in [0, 0.05) is 42.5 Å². The Hall–Kier alpha value is -2.19. The van der Waals surface area contributed by atoms with Crippen molar-refractivity contribution in [1.29, 1.82) is 0 Å². The minimum absolute atomic E-state index is 0.0457. The van der Waals surface area contributed by atoms with Crippen molar-refractivity contribution in [2.24, 2.45) is 16.0 Å². The van der Waals surface area contributed by atoms with Crippen molar-refractivity contribution in [3.63, 3.8) is 0 Å². The summed E-state index contributed by atoms with van der Waals surface area (Å²) >= 11 is 0. The van der Waals surface area contributed by atoms with Crippen molar-refractivity contribution in [2.75, 3.05) is 112 Å². The predicted octanol–water partition coefficient (Wildman–Crippen LogP) is 0.884. The Morgan fingerprint density at radius 2 is 1.06 bits per heavy atom. The van der Waals surface area contributed by atoms with E-state index in [0.29, 0.717) is 105 Å². The highest BCUT2D eigenvalue weighted by atomic mass is 16.6. The molecule has 0 aromatic carbocycles. The number of rotatable bonds is 26. The molecule has 0 aliphatic carbocycles. The Bertz CT molecular complexity index is 575. The standard InChI is InChI=1S/C19H38N8O7/c20-2-5-27(6-10-32-14-12-30-8-3-23-25-21)19(28)1-7-29-11-15-33-17-18-34-16-13-31-9-4-24-26-22/h1-18,20H2. The number of amides is 1. The number of hydrogen-bond acceptors (Lipinski definition) is 10. The molecule has 0 aromatic rings. The molecule has 15 heteroatoms. The lowest BCUT2D eigenvalue weighted by atomic mass is 10.3. The summed E-state index contributed by atoms with van der Waals surface area (Å²) in [5, 5.41) is 6.72. The molecule has 0 rings (SSSR count). The van der Waals surface area contributed by atoms with Crippen LogP contribution in [0.5, 0.6) is 0 Å². The summed E-state index contributed by atoms with van der Waals surface area (Å²) in [6.07, 6.45) is 0.255. The van der Waals surface area contributed by atoms with Crippen LogP contribution in [0.4, 0.5) is 0 Å². The molecule has 0 bridgehead atoms. The first-order valence-electron chi connectivity index (χ1n) is 11.2. The van der Waals surface area contributed by atoms with E-state index < -0.39 is 0 Å². The van der Waals surface area contributed by atoms with E-state index in [4.69, 9.17) is 45.2 Å². The van der Waals surface area contributed by atoms with Crippen LogP contribution in [-0.2, 0) is 33.2 Å². The first-order valence-corrected chi connectivity index (χ1v) is 11.2. The first-order chi connectivity index (χ1) is 16.8. The molecule has 0 spiro atoms. The zero-order chi connectivity index (χ0) is 25.0. The summed E-state index contributed by atoms with van der Waals surface area (Å²) in [4.78, 5) is 19.2. The molecule has 0 saturated carbocycles. The molecule has 0 aromatic heterocycles. The number of hydrogen-bond donors (Lipinski definition) is 1. The van der Waals surface area contributed by atoms with Crippen molar-refractivity contribution >= 4 is 5.91 Å². The topological polar surface area (TPSA) is 199 Å². The van der Waals surface area contributed by atoms with Crippen molar-refractivity contribution < 1.29 is 33.2 Å². The third-order valence-corrected chi connectivity index (χ3v) is 4.00. The Morgan fingerprint density at radius 3 is 1.50 bits per heavy atom. The summed E-state index contributed by atoms with van der Waals surface area (Å²) in [5.41, 5.74) is 21.9. The predicted molar refractivity (Wildman–Crippen MR) is 123 cm³/mol. The minimum atomic E-state index is -0.0457. The number of nitrogens with two attached hydrogens (primary N) is 1. The second-order valence-electron chi connectivity index (χ2n) is 6.50. The fourth-order valence-corrected chi connectivity index (χ4v) is 2.39. The lowest BCUT2D eigenvalue weighted by molar-refractivity contribution is -0.133. The molecule has 34 heavy (non-hydrogen) atoms. The average molecular weight is 491 g/mol. The van der Waals surface area contributed by atoms with Crippen LogP contribution in [0.3, 0.4) is 0 Å². The van der Waals surface area contributed by atoms with E-state index in [-0.39, 0.29) is 18.9 Å². The second kappa shape index (κ2) is 27.1. The van der Waals surface area contributed by atoms with Crippen LogP contribution < -0.4 is 5.73 Å². The number of carbonyl (C=O) groups excluding carboxylic acids is 1. The Morgan fingerprint density at radius 1 is 0.647 bits per heavy atom. The van der Waals surface area contributed by atoms with Gasteiger partial charge in [-0.3, -0.25) is 4.79 Å². The number of nitrogens with zero attached hydrogens (tertiary/aromatic N) is 7. The van der Waals surface area contributed by atoms with E-state index in [1.54, 1.807) is 4.90 Å². The molecule has 0 saturated heterocycles. The van der Waals surface area contributed by atoms with E-state index in [9.17, 15) is 4.79 Å². The molecule has 196 valence electrons. The fourth-order valence-electron chi connectivity index (χ4n) is 2.39. The van der Waals surface area contributed by atoms with E-state index >= 15 is 0 Å². The minimum Gasteiger partial charge on any atom is -0.379 e. The molecule has 1 amide bonds. The summed E-state index contributed by atoms with van der Waals surface area (Å²) in [5.74, 6) is -0.0457. The van der Waals surface area contributed by atoms with E-state index in [2.05, 4.69) is 20.1 Å². The maximum atomic E-state index is 12.3. The third kappa shape index (κ3) is 23.0. The van der Waals surface area contributed by atoms with E-state index in [1.165, 1.54) is 0 Å². The summed E-state index contributed by atoms with van der Waals surface area (Å²) in [7, 11) is 0. The lowest BCUT2D eigenvalue weighted by Gasteiger charge is -2.22. The zero-order valence-electron chi connectivity index (χ0n) is 19.8. The molecular weight excluding hydrogens is 452 g/mol. The van der Waals surface area contributed by atoms with Crippen LogP contribution in [0.1, 0.15) is 6.42 Å². The number of azide groups is 2. The van der Waals surface area contributed by atoms with Gasteiger partial charge in [-0.25, -0.2) is 0 Å². The normalized spacial score (nSPS) is 10.5. The van der Waals surface area contributed by atoms with Gasteiger partial charge in [-0.05, 0) is 11.1 Å². The van der Waals surface area contributed by atoms with Crippen molar-refractivity contribution in [3.8, 4) is 0 Å². The first kappa shape index (κ1) is 31.8. The van der Waals surface area contributed by atoms with Crippen LogP contribution in [-0.4, -0.2) is 123 Å². The molecule has 0 heterocycles. The van der Waals surface area contributed by atoms with Crippen molar-refractivity contribution in [1.82, 2.24) is 4.90 Å². The molecule has 0 aliphatic heterocycles. The number of carbonyl (C=O) groups is 1. The van der Waals surface area contributed by atoms with Gasteiger partial charge in [0.25, 0.3) is 0 Å². The van der Waals surface area contributed by atoms with Crippen LogP contribution in [0.2, 0.25) is 0 Å². The van der Waals surface area contributed by atoms with Gasteiger partial charge in [0.1, 0.15) is 0 Å². The fraction of sp³-hybridized carbons (Fsp3) is 0.947. The zero-order valence-corrected chi connectivity index (χ0v) is 19.8. The van der Waals surface area contributed by atoms with Gasteiger partial charge < -0.3 is 39.1 Å². The molecule has 0 fully saturated rings. The quantitative estimate of drug-likeness (QED) is 0.0796. The van der Waals surface area contributed by atoms with Gasteiger partial charge in [0.15, 0.2) is 0 Å². The van der Waals surface area contributed by atoms with E-state index in [1.807, 2.05) is 0 Å². The maximum absolute atomic E-state index is 12.3. The van der Waals surface area contributed by atoms with Crippen LogP contribution in [0.15, 0.2) is 10.2 Å². The van der Waals surface area contributed by atoms with Crippen LogP contribution in [0.25, 0.3) is 20.9 Å². The molecule has 0 unspecified atom stereocenters. The molecule has 0 radical (unpaired) electrons. The molecular formula is C19H38N8O7. The van der Waals surface area contributed by atoms with Gasteiger partial charge in [0.2, 0.25) is 5.91 Å². The van der Waals surface area contributed by atoms with Gasteiger partial charge in [-0.1, -0.05) is 10.2 Å². The summed E-state index contributed by atoms with van der Waals surface area (Å²) in [6, 6.07) is 0. The SMILES string of the molecule is [N-]=[N+]=NCCOCCOCCOCCOCCC(=O)N(CCN)CCOCCOCCN=[N+]=[N-]. The monoisotopic (exact) mass is 490 g/mol. The highest BCUT2D eigenvalue weighted by molar-refractivity contribution is 5.76. The maximum Gasteiger partial charge on any atom is 0.225 e. The molecule has 2 N–H and O–H groups in total. The highest BCUT2D eigenvalue weighted by Crippen LogP contribution is 1.96. The van der Waals surface area contributed by atoms with Gasteiger partial charge >= 0.3 is 0 Å². The van der Waals surface area contributed by atoms with Gasteiger partial charge in [-0.15, -0.1) is 0 Å². The van der Waals surface area contributed by atoms with Crippen LogP contribution >= 0.6 is 0 Å². The molecule has 15 nitrogen and oxygen atoms in total. The van der Waals surface area contributed by atoms with E-state index in [0.717, 1.165) is 0 Å². The van der Waals surface area contributed by atoms with Gasteiger partial charge in [0.05, 0.1) is 85.7 Å². The molecule has 0 aliphatic rings. The summed E-state index contributed by atoms with van der Waals surface area (Å²) in [6.45, 7) is 6.58. The lowest BCUT2D eigenvalue weighted by Crippen LogP contribution is -2.38. The Kier molecular flexibility index (Phi) is 25.3. The highest BCUT2D eigenvalue weighted by Gasteiger charge is 2.12. The van der Waals surface area contributed by atoms with Gasteiger partial charge in [-0.2, -0.15) is 0 Å². The molecule has 0 atom stereocenters. The van der Waals surface area contributed by atoms with Crippen molar-refractivity contribution in [3.05, 3.63) is 20.9 Å². The third-order valence-electron chi connectivity index (χ3n) is 4.00. The second-order valence-corrected chi connectivity index (χ2v) is 6.50. The Balaban J connectivity index is 3.56. The average Bonchev–Trinajstić information content (AvgIpc) is 2.84. The smallest absolute Gasteiger partial charge is 0.225 e. The summed E-state index contributed by atoms with van der Waals surface area (Å²) < 4.78 is 32.1. The van der Waals surface area contributed by atoms with Crippen molar-refractivity contribution in [2.45, 2.75) is 6.42 Å². The van der Waals surface area contributed by atoms with Crippen LogP contribution in [0, 0.1) is 0 Å².